The number of halogens is 2. The molecule has 0 radical (unpaired) electrons. The first-order valence-corrected chi connectivity index (χ1v) is 5.08. The Balaban J connectivity index is 2.65. The summed E-state index contributed by atoms with van der Waals surface area (Å²) in [5, 5.41) is 3.08. The largest absolute Gasteiger partial charge is 0.308 e. The number of nitrogens with one attached hydrogen (secondary N) is 1. The summed E-state index contributed by atoms with van der Waals surface area (Å²) < 4.78 is 13.0. The third-order valence-electron chi connectivity index (χ3n) is 1.92. The minimum atomic E-state index is -0.325. The molecule has 1 aromatic carbocycles. The third-order valence-corrected chi connectivity index (χ3v) is 2.64. The normalized spacial score (nSPS) is 12.8. The van der Waals surface area contributed by atoms with Crippen molar-refractivity contribution in [2.24, 2.45) is 0 Å². The average Bonchev–Trinajstić information content (AvgIpc) is 2.15. The van der Waals surface area contributed by atoms with E-state index in [-0.39, 0.29) is 12.7 Å². The van der Waals surface area contributed by atoms with Gasteiger partial charge in [-0.3, -0.25) is 0 Å². The highest BCUT2D eigenvalue weighted by atomic mass is 79.9. The van der Waals surface area contributed by atoms with Crippen LogP contribution >= 0.6 is 15.9 Å². The summed E-state index contributed by atoms with van der Waals surface area (Å²) in [4.78, 5) is 0. The van der Waals surface area contributed by atoms with Crippen molar-refractivity contribution in [1.82, 2.24) is 5.32 Å². The molecule has 0 aliphatic heterocycles. The Hall–Kier alpha value is -0.410. The van der Waals surface area contributed by atoms with Crippen molar-refractivity contribution in [3.8, 4) is 0 Å². The topological polar surface area (TPSA) is 12.0 Å². The van der Waals surface area contributed by atoms with E-state index in [0.717, 1.165) is 10.0 Å². The SMILES string of the molecule is C[C@@H](NCCF)c1ccccc1Br. The fraction of sp³-hybridized carbons (Fsp3) is 0.400. The van der Waals surface area contributed by atoms with E-state index >= 15 is 0 Å². The Morgan fingerprint density at radius 2 is 2.15 bits per heavy atom. The van der Waals surface area contributed by atoms with Gasteiger partial charge in [0.2, 0.25) is 0 Å². The molecule has 1 nitrogen and oxygen atoms in total. The van der Waals surface area contributed by atoms with Crippen LogP contribution in [0.2, 0.25) is 0 Å². The number of alkyl halides is 1. The van der Waals surface area contributed by atoms with Crippen molar-refractivity contribution in [2.45, 2.75) is 13.0 Å². The van der Waals surface area contributed by atoms with Gasteiger partial charge < -0.3 is 5.32 Å². The molecule has 0 aliphatic rings. The van der Waals surface area contributed by atoms with Crippen LogP contribution in [0.3, 0.4) is 0 Å². The van der Waals surface area contributed by atoms with Gasteiger partial charge >= 0.3 is 0 Å². The van der Waals surface area contributed by atoms with Crippen molar-refractivity contribution in [3.63, 3.8) is 0 Å². The van der Waals surface area contributed by atoms with Gasteiger partial charge in [0, 0.05) is 17.1 Å². The smallest absolute Gasteiger partial charge is 0.102 e. The van der Waals surface area contributed by atoms with Crippen molar-refractivity contribution < 1.29 is 4.39 Å². The minimum Gasteiger partial charge on any atom is -0.308 e. The molecule has 0 spiro atoms. The predicted molar refractivity (Wildman–Crippen MR) is 56.5 cm³/mol. The predicted octanol–water partition coefficient (Wildman–Crippen LogP) is 3.07. The highest BCUT2D eigenvalue weighted by molar-refractivity contribution is 9.10. The van der Waals surface area contributed by atoms with E-state index in [2.05, 4.69) is 21.2 Å². The molecule has 1 N–H and O–H groups in total. The van der Waals surface area contributed by atoms with Crippen LogP contribution in [0.25, 0.3) is 0 Å². The van der Waals surface area contributed by atoms with E-state index < -0.39 is 0 Å². The van der Waals surface area contributed by atoms with Gasteiger partial charge in [0.1, 0.15) is 6.67 Å². The molecular weight excluding hydrogens is 233 g/mol. The summed E-state index contributed by atoms with van der Waals surface area (Å²) in [6.07, 6.45) is 0. The molecule has 0 unspecified atom stereocenters. The van der Waals surface area contributed by atoms with Gasteiger partial charge in [-0.05, 0) is 18.6 Å². The molecule has 0 aromatic heterocycles. The van der Waals surface area contributed by atoms with E-state index in [1.54, 1.807) is 0 Å². The average molecular weight is 246 g/mol. The molecule has 0 fully saturated rings. The second-order valence-electron chi connectivity index (χ2n) is 2.89. The molecule has 1 aromatic rings. The van der Waals surface area contributed by atoms with Gasteiger partial charge in [-0.1, -0.05) is 34.1 Å². The molecule has 13 heavy (non-hydrogen) atoms. The minimum absolute atomic E-state index is 0.186. The van der Waals surface area contributed by atoms with Gasteiger partial charge in [0.05, 0.1) is 0 Å². The number of benzene rings is 1. The second kappa shape index (κ2) is 5.35. The monoisotopic (exact) mass is 245 g/mol. The molecule has 0 amide bonds. The Morgan fingerprint density at radius 3 is 2.77 bits per heavy atom. The maximum absolute atomic E-state index is 11.9. The van der Waals surface area contributed by atoms with Crippen molar-refractivity contribution in [2.75, 3.05) is 13.2 Å². The Labute approximate surface area is 86.5 Å². The van der Waals surface area contributed by atoms with Crippen LogP contribution in [0.5, 0.6) is 0 Å². The lowest BCUT2D eigenvalue weighted by atomic mass is 10.1. The molecule has 0 bridgehead atoms. The standard InChI is InChI=1S/C10H13BrFN/c1-8(13-7-6-12)9-4-2-3-5-10(9)11/h2-5,8,13H,6-7H2,1H3/t8-/m1/s1. The Kier molecular flexibility index (Phi) is 4.39. The van der Waals surface area contributed by atoms with Crippen molar-refractivity contribution >= 4 is 15.9 Å². The zero-order valence-corrected chi connectivity index (χ0v) is 9.14. The van der Waals surface area contributed by atoms with Crippen LogP contribution in [-0.4, -0.2) is 13.2 Å². The van der Waals surface area contributed by atoms with Gasteiger partial charge in [0.25, 0.3) is 0 Å². The van der Waals surface area contributed by atoms with Crippen molar-refractivity contribution in [1.29, 1.82) is 0 Å². The van der Waals surface area contributed by atoms with Crippen LogP contribution in [0, 0.1) is 0 Å². The summed E-state index contributed by atoms with van der Waals surface area (Å²) in [7, 11) is 0. The van der Waals surface area contributed by atoms with E-state index in [1.165, 1.54) is 0 Å². The molecule has 72 valence electrons. The Bertz CT molecular complexity index is 265. The lowest BCUT2D eigenvalue weighted by Gasteiger charge is -2.14. The van der Waals surface area contributed by atoms with E-state index in [0.29, 0.717) is 6.54 Å². The van der Waals surface area contributed by atoms with Crippen LogP contribution in [0.1, 0.15) is 18.5 Å². The number of hydrogen-bond acceptors (Lipinski definition) is 1. The quantitative estimate of drug-likeness (QED) is 0.860. The molecular formula is C10H13BrFN. The molecule has 0 aliphatic carbocycles. The maximum atomic E-state index is 11.9. The fourth-order valence-electron chi connectivity index (χ4n) is 1.21. The summed E-state index contributed by atoms with van der Waals surface area (Å²) >= 11 is 3.46. The summed E-state index contributed by atoms with van der Waals surface area (Å²) in [6.45, 7) is 2.10. The molecule has 0 saturated heterocycles. The third kappa shape index (κ3) is 3.08. The number of rotatable bonds is 4. The first-order valence-electron chi connectivity index (χ1n) is 4.29. The fourth-order valence-corrected chi connectivity index (χ4v) is 1.84. The summed E-state index contributed by atoms with van der Waals surface area (Å²) in [5.74, 6) is 0. The van der Waals surface area contributed by atoms with Crippen LogP contribution in [-0.2, 0) is 0 Å². The summed E-state index contributed by atoms with van der Waals surface area (Å²) in [6, 6.07) is 8.15. The van der Waals surface area contributed by atoms with Gasteiger partial charge in [-0.15, -0.1) is 0 Å². The number of hydrogen-bond donors (Lipinski definition) is 1. The zero-order valence-electron chi connectivity index (χ0n) is 7.56. The molecule has 1 rings (SSSR count). The first kappa shape index (κ1) is 10.7. The van der Waals surface area contributed by atoms with Crippen LogP contribution < -0.4 is 5.32 Å². The first-order chi connectivity index (χ1) is 6.25. The lowest BCUT2D eigenvalue weighted by molar-refractivity contribution is 0.444. The molecule has 1 atom stereocenters. The van der Waals surface area contributed by atoms with E-state index in [4.69, 9.17) is 0 Å². The summed E-state index contributed by atoms with van der Waals surface area (Å²) in [5.41, 5.74) is 1.16. The molecule has 0 saturated carbocycles. The highest BCUT2D eigenvalue weighted by Gasteiger charge is 2.06. The van der Waals surface area contributed by atoms with Crippen LogP contribution in [0.15, 0.2) is 28.7 Å². The van der Waals surface area contributed by atoms with E-state index in [1.807, 2.05) is 31.2 Å². The second-order valence-corrected chi connectivity index (χ2v) is 3.74. The Morgan fingerprint density at radius 1 is 1.46 bits per heavy atom. The van der Waals surface area contributed by atoms with Gasteiger partial charge in [0.15, 0.2) is 0 Å². The van der Waals surface area contributed by atoms with Gasteiger partial charge in [-0.2, -0.15) is 0 Å². The van der Waals surface area contributed by atoms with Gasteiger partial charge in [-0.25, -0.2) is 4.39 Å². The maximum Gasteiger partial charge on any atom is 0.102 e. The zero-order chi connectivity index (χ0) is 9.68. The molecule has 0 heterocycles. The molecule has 3 heteroatoms. The van der Waals surface area contributed by atoms with Crippen LogP contribution in [0.4, 0.5) is 4.39 Å². The highest BCUT2D eigenvalue weighted by Crippen LogP contribution is 2.22. The van der Waals surface area contributed by atoms with Crippen molar-refractivity contribution in [3.05, 3.63) is 34.3 Å². The lowest BCUT2D eigenvalue weighted by Crippen LogP contribution is -2.21. The van der Waals surface area contributed by atoms with E-state index in [9.17, 15) is 4.39 Å².